The van der Waals surface area contributed by atoms with Crippen molar-refractivity contribution < 1.29 is 0 Å². The Kier molecular flexibility index (Phi) is 5.58. The van der Waals surface area contributed by atoms with Gasteiger partial charge in [0.2, 0.25) is 0 Å². The molecule has 0 radical (unpaired) electrons. The lowest BCUT2D eigenvalue weighted by Gasteiger charge is -2.24. The number of rotatable bonds is 6. The van der Waals surface area contributed by atoms with E-state index in [9.17, 15) is 0 Å². The van der Waals surface area contributed by atoms with Gasteiger partial charge in [0.25, 0.3) is 0 Å². The quantitative estimate of drug-likeness (QED) is 0.706. The van der Waals surface area contributed by atoms with Crippen LogP contribution < -0.4 is 5.32 Å². The van der Waals surface area contributed by atoms with Crippen molar-refractivity contribution in [3.63, 3.8) is 0 Å². The zero-order valence-corrected chi connectivity index (χ0v) is 10.8. The van der Waals surface area contributed by atoms with Gasteiger partial charge < -0.3 is 15.1 Å². The van der Waals surface area contributed by atoms with Crippen molar-refractivity contribution >= 4 is 0 Å². The molecule has 3 nitrogen and oxygen atoms in total. The number of likely N-dealkylation sites (N-methyl/N-ethyl adjacent to an activating group) is 2. The third kappa shape index (κ3) is 4.96. The summed E-state index contributed by atoms with van der Waals surface area (Å²) >= 11 is 0. The molecule has 1 fully saturated rings. The summed E-state index contributed by atoms with van der Waals surface area (Å²) in [5.74, 6) is 0.883. The second kappa shape index (κ2) is 6.46. The molecule has 1 aliphatic heterocycles. The summed E-state index contributed by atoms with van der Waals surface area (Å²) < 4.78 is 0. The van der Waals surface area contributed by atoms with Crippen molar-refractivity contribution in [3.8, 4) is 0 Å². The molecule has 0 saturated carbocycles. The first-order chi connectivity index (χ1) is 7.11. The molecule has 1 rings (SSSR count). The largest absolute Gasteiger partial charge is 0.313 e. The Morgan fingerprint density at radius 3 is 2.80 bits per heavy atom. The summed E-state index contributed by atoms with van der Waals surface area (Å²) in [7, 11) is 4.47. The van der Waals surface area contributed by atoms with Gasteiger partial charge >= 0.3 is 0 Å². The average Bonchev–Trinajstić information content (AvgIpc) is 2.51. The van der Waals surface area contributed by atoms with E-state index in [0.29, 0.717) is 6.04 Å². The third-order valence-electron chi connectivity index (χ3n) is 3.20. The van der Waals surface area contributed by atoms with E-state index in [1.807, 2.05) is 0 Å². The van der Waals surface area contributed by atoms with E-state index in [0.717, 1.165) is 19.0 Å². The lowest BCUT2D eigenvalue weighted by molar-refractivity contribution is 0.252. The number of hydrogen-bond acceptors (Lipinski definition) is 3. The van der Waals surface area contributed by atoms with E-state index >= 15 is 0 Å². The predicted molar refractivity (Wildman–Crippen MR) is 66.2 cm³/mol. The Morgan fingerprint density at radius 2 is 2.27 bits per heavy atom. The van der Waals surface area contributed by atoms with Gasteiger partial charge in [0.15, 0.2) is 0 Å². The first-order valence-corrected chi connectivity index (χ1v) is 6.22. The molecule has 1 saturated heterocycles. The van der Waals surface area contributed by atoms with Crippen molar-refractivity contribution in [2.75, 3.05) is 46.8 Å². The van der Waals surface area contributed by atoms with Crippen LogP contribution >= 0.6 is 0 Å². The predicted octanol–water partition coefficient (Wildman–Crippen LogP) is 0.868. The van der Waals surface area contributed by atoms with Crippen molar-refractivity contribution in [1.29, 1.82) is 0 Å². The molecule has 2 atom stereocenters. The van der Waals surface area contributed by atoms with Gasteiger partial charge in [-0.1, -0.05) is 6.92 Å². The Balaban J connectivity index is 2.15. The van der Waals surface area contributed by atoms with Crippen LogP contribution in [0.15, 0.2) is 0 Å². The van der Waals surface area contributed by atoms with Crippen LogP contribution in [0.3, 0.4) is 0 Å². The van der Waals surface area contributed by atoms with Crippen LogP contribution in [0.4, 0.5) is 0 Å². The molecule has 15 heavy (non-hydrogen) atoms. The molecule has 1 N–H and O–H groups in total. The number of nitrogens with zero attached hydrogens (tertiary/aromatic N) is 2. The fourth-order valence-corrected chi connectivity index (χ4v) is 2.57. The minimum absolute atomic E-state index is 0.610. The fraction of sp³-hybridized carbons (Fsp3) is 1.00. The van der Waals surface area contributed by atoms with Crippen LogP contribution in [-0.4, -0.2) is 62.7 Å². The van der Waals surface area contributed by atoms with E-state index in [-0.39, 0.29) is 0 Å². The van der Waals surface area contributed by atoms with Gasteiger partial charge in [-0.3, -0.25) is 0 Å². The van der Waals surface area contributed by atoms with Gasteiger partial charge in [-0.25, -0.2) is 0 Å². The lowest BCUT2D eigenvalue weighted by Crippen LogP contribution is -2.39. The monoisotopic (exact) mass is 213 g/mol. The zero-order valence-electron chi connectivity index (χ0n) is 10.8. The van der Waals surface area contributed by atoms with Crippen molar-refractivity contribution in [2.24, 2.45) is 5.92 Å². The van der Waals surface area contributed by atoms with Gasteiger partial charge in [-0.05, 0) is 46.4 Å². The molecule has 0 aliphatic carbocycles. The third-order valence-corrected chi connectivity index (χ3v) is 3.20. The molecule has 2 unspecified atom stereocenters. The lowest BCUT2D eigenvalue weighted by atomic mass is 10.1. The first kappa shape index (κ1) is 12.9. The Bertz CT molecular complexity index is 172. The molecule has 1 aliphatic rings. The van der Waals surface area contributed by atoms with Crippen molar-refractivity contribution in [3.05, 3.63) is 0 Å². The van der Waals surface area contributed by atoms with Crippen molar-refractivity contribution in [1.82, 2.24) is 15.1 Å². The summed E-state index contributed by atoms with van der Waals surface area (Å²) in [5.41, 5.74) is 0. The highest BCUT2D eigenvalue weighted by atomic mass is 15.2. The Hall–Kier alpha value is -0.120. The molecule has 1 heterocycles. The maximum atomic E-state index is 3.46. The molecule has 0 aromatic carbocycles. The first-order valence-electron chi connectivity index (χ1n) is 6.22. The number of hydrogen-bond donors (Lipinski definition) is 1. The zero-order chi connectivity index (χ0) is 11.3. The van der Waals surface area contributed by atoms with Crippen LogP contribution in [0.2, 0.25) is 0 Å². The van der Waals surface area contributed by atoms with Crippen LogP contribution in [0.25, 0.3) is 0 Å². The number of nitrogens with one attached hydrogen (secondary N) is 1. The highest BCUT2D eigenvalue weighted by Crippen LogP contribution is 2.14. The molecule has 0 bridgehead atoms. The van der Waals surface area contributed by atoms with Gasteiger partial charge in [0.05, 0.1) is 0 Å². The Labute approximate surface area is 94.8 Å². The van der Waals surface area contributed by atoms with Crippen molar-refractivity contribution in [2.45, 2.75) is 26.3 Å². The van der Waals surface area contributed by atoms with Gasteiger partial charge in [0.1, 0.15) is 0 Å². The molecular weight excluding hydrogens is 186 g/mol. The van der Waals surface area contributed by atoms with Gasteiger partial charge in [0, 0.05) is 25.7 Å². The topological polar surface area (TPSA) is 18.5 Å². The van der Waals surface area contributed by atoms with Gasteiger partial charge in [-0.15, -0.1) is 0 Å². The SMILES string of the molecule is CCNC(C)CN(C)CC1CCN(C)C1. The van der Waals surface area contributed by atoms with Crippen LogP contribution in [-0.2, 0) is 0 Å². The molecule has 0 aromatic rings. The second-order valence-electron chi connectivity index (χ2n) is 5.10. The van der Waals surface area contributed by atoms with E-state index in [1.54, 1.807) is 0 Å². The molecular formula is C12H27N3. The number of likely N-dealkylation sites (tertiary alicyclic amines) is 1. The summed E-state index contributed by atoms with van der Waals surface area (Å²) in [6.45, 7) is 10.5. The molecule has 3 heteroatoms. The highest BCUT2D eigenvalue weighted by molar-refractivity contribution is 4.76. The van der Waals surface area contributed by atoms with Gasteiger partial charge in [-0.2, -0.15) is 0 Å². The van der Waals surface area contributed by atoms with E-state index in [1.165, 1.54) is 26.1 Å². The van der Waals surface area contributed by atoms with Crippen LogP contribution in [0.1, 0.15) is 20.3 Å². The molecule has 90 valence electrons. The van der Waals surface area contributed by atoms with E-state index in [2.05, 4.69) is 43.1 Å². The average molecular weight is 213 g/mol. The smallest absolute Gasteiger partial charge is 0.0166 e. The maximum Gasteiger partial charge on any atom is 0.0166 e. The minimum atomic E-state index is 0.610. The Morgan fingerprint density at radius 1 is 1.53 bits per heavy atom. The van der Waals surface area contributed by atoms with E-state index in [4.69, 9.17) is 0 Å². The minimum Gasteiger partial charge on any atom is -0.313 e. The fourth-order valence-electron chi connectivity index (χ4n) is 2.57. The van der Waals surface area contributed by atoms with Crippen LogP contribution in [0, 0.1) is 5.92 Å². The standard InChI is InChI=1S/C12H27N3/c1-5-13-11(2)8-15(4)10-12-6-7-14(3)9-12/h11-13H,5-10H2,1-4H3. The molecule has 0 amide bonds. The summed E-state index contributed by atoms with van der Waals surface area (Å²) in [4.78, 5) is 4.91. The highest BCUT2D eigenvalue weighted by Gasteiger charge is 2.20. The second-order valence-corrected chi connectivity index (χ2v) is 5.10. The van der Waals surface area contributed by atoms with E-state index < -0.39 is 0 Å². The van der Waals surface area contributed by atoms with Crippen LogP contribution in [0.5, 0.6) is 0 Å². The summed E-state index contributed by atoms with van der Waals surface area (Å²) in [5, 5.41) is 3.46. The summed E-state index contributed by atoms with van der Waals surface area (Å²) in [6.07, 6.45) is 1.37. The maximum absolute atomic E-state index is 3.46. The normalized spacial score (nSPS) is 25.0. The molecule has 0 spiro atoms. The molecule has 0 aromatic heterocycles. The summed E-state index contributed by atoms with van der Waals surface area (Å²) in [6, 6.07) is 0.610.